The maximum Gasteiger partial charge on any atom is 0.273 e. The molecular formula is C14H16ClN3O. The molecule has 2 rings (SSSR count). The van der Waals surface area contributed by atoms with Crippen molar-refractivity contribution in [2.45, 2.75) is 19.8 Å². The number of aromatic nitrogens is 2. The molecule has 0 aliphatic rings. The highest BCUT2D eigenvalue weighted by Gasteiger charge is 2.14. The molecule has 0 atom stereocenters. The largest absolute Gasteiger partial charge is 0.319 e. The second-order valence-corrected chi connectivity index (χ2v) is 4.74. The number of halogens is 1. The standard InChI is InChI=1S/C14H16ClN3O/c1-3-6-10-9-13(18(2)17-10)14(19)16-12-8-5-4-7-11(12)15/h4-5,7-9H,3,6H2,1-2H3,(H,16,19). The molecule has 1 aromatic heterocycles. The number of benzene rings is 1. The lowest BCUT2D eigenvalue weighted by Crippen LogP contribution is -2.16. The Morgan fingerprint density at radius 1 is 1.42 bits per heavy atom. The van der Waals surface area contributed by atoms with Crippen LogP contribution in [0.15, 0.2) is 30.3 Å². The zero-order valence-electron chi connectivity index (χ0n) is 11.0. The van der Waals surface area contributed by atoms with E-state index in [1.54, 1.807) is 23.9 Å². The number of nitrogens with one attached hydrogen (secondary N) is 1. The lowest BCUT2D eigenvalue weighted by atomic mass is 10.2. The minimum absolute atomic E-state index is 0.203. The summed E-state index contributed by atoms with van der Waals surface area (Å²) in [5.41, 5.74) is 2.06. The first-order valence-electron chi connectivity index (χ1n) is 6.20. The normalized spacial score (nSPS) is 10.5. The number of anilines is 1. The summed E-state index contributed by atoms with van der Waals surface area (Å²) in [4.78, 5) is 12.2. The maximum absolute atomic E-state index is 12.2. The Morgan fingerprint density at radius 2 is 2.16 bits per heavy atom. The number of para-hydroxylation sites is 1. The van der Waals surface area contributed by atoms with Crippen LogP contribution in [0.4, 0.5) is 5.69 Å². The Balaban J connectivity index is 2.18. The molecule has 0 aliphatic heterocycles. The fourth-order valence-corrected chi connectivity index (χ4v) is 2.05. The Hall–Kier alpha value is -1.81. The average molecular weight is 278 g/mol. The van der Waals surface area contributed by atoms with Crippen LogP contribution in [0.25, 0.3) is 0 Å². The third-order valence-electron chi connectivity index (χ3n) is 2.79. The van der Waals surface area contributed by atoms with E-state index in [1.807, 2.05) is 18.2 Å². The SMILES string of the molecule is CCCc1cc(C(=O)Nc2ccccc2Cl)n(C)n1. The fraction of sp³-hybridized carbons (Fsp3) is 0.286. The molecule has 0 aliphatic carbocycles. The average Bonchev–Trinajstić information content (AvgIpc) is 2.74. The summed E-state index contributed by atoms with van der Waals surface area (Å²) in [5.74, 6) is -0.203. The molecule has 1 N–H and O–H groups in total. The summed E-state index contributed by atoms with van der Waals surface area (Å²) in [7, 11) is 1.76. The minimum Gasteiger partial charge on any atom is -0.319 e. The van der Waals surface area contributed by atoms with Gasteiger partial charge in [-0.05, 0) is 24.6 Å². The molecule has 5 heteroatoms. The van der Waals surface area contributed by atoms with E-state index in [-0.39, 0.29) is 5.91 Å². The first-order chi connectivity index (χ1) is 9.11. The molecule has 2 aromatic rings. The molecule has 1 aromatic carbocycles. The van der Waals surface area contributed by atoms with Crippen LogP contribution in [-0.4, -0.2) is 15.7 Å². The Kier molecular flexibility index (Phi) is 4.22. The first kappa shape index (κ1) is 13.6. The summed E-state index contributed by atoms with van der Waals surface area (Å²) >= 11 is 6.01. The topological polar surface area (TPSA) is 46.9 Å². The monoisotopic (exact) mass is 277 g/mol. The summed E-state index contributed by atoms with van der Waals surface area (Å²) in [6.45, 7) is 2.08. The molecule has 0 fully saturated rings. The lowest BCUT2D eigenvalue weighted by Gasteiger charge is -2.06. The Morgan fingerprint density at radius 3 is 2.84 bits per heavy atom. The number of carbonyl (C=O) groups excluding carboxylic acids is 1. The van der Waals surface area contributed by atoms with Crippen molar-refractivity contribution in [3.8, 4) is 0 Å². The van der Waals surface area contributed by atoms with Crippen molar-refractivity contribution in [3.63, 3.8) is 0 Å². The third kappa shape index (κ3) is 3.15. The van der Waals surface area contributed by atoms with Gasteiger partial charge < -0.3 is 5.32 Å². The van der Waals surface area contributed by atoms with Crippen LogP contribution >= 0.6 is 11.6 Å². The van der Waals surface area contributed by atoms with Crippen LogP contribution in [0.2, 0.25) is 5.02 Å². The summed E-state index contributed by atoms with van der Waals surface area (Å²) in [6, 6.07) is 8.97. The van der Waals surface area contributed by atoms with Crippen LogP contribution in [0, 0.1) is 0 Å². The van der Waals surface area contributed by atoms with E-state index in [4.69, 9.17) is 11.6 Å². The van der Waals surface area contributed by atoms with Crippen LogP contribution < -0.4 is 5.32 Å². The first-order valence-corrected chi connectivity index (χ1v) is 6.58. The molecule has 19 heavy (non-hydrogen) atoms. The van der Waals surface area contributed by atoms with E-state index < -0.39 is 0 Å². The van der Waals surface area contributed by atoms with Crippen LogP contribution in [0.5, 0.6) is 0 Å². The van der Waals surface area contributed by atoms with Gasteiger partial charge in [-0.3, -0.25) is 9.48 Å². The highest BCUT2D eigenvalue weighted by Crippen LogP contribution is 2.21. The fourth-order valence-electron chi connectivity index (χ4n) is 1.87. The van der Waals surface area contributed by atoms with Gasteiger partial charge in [-0.2, -0.15) is 5.10 Å². The van der Waals surface area contributed by atoms with Crippen molar-refractivity contribution in [2.24, 2.45) is 7.05 Å². The minimum atomic E-state index is -0.203. The molecule has 0 unspecified atom stereocenters. The van der Waals surface area contributed by atoms with Gasteiger partial charge in [-0.25, -0.2) is 0 Å². The molecule has 0 saturated carbocycles. The number of aryl methyl sites for hydroxylation is 2. The van der Waals surface area contributed by atoms with Crippen molar-refractivity contribution in [3.05, 3.63) is 46.7 Å². The number of hydrogen-bond acceptors (Lipinski definition) is 2. The molecule has 0 bridgehead atoms. The highest BCUT2D eigenvalue weighted by atomic mass is 35.5. The van der Waals surface area contributed by atoms with Gasteiger partial charge in [0, 0.05) is 7.05 Å². The number of hydrogen-bond donors (Lipinski definition) is 1. The van der Waals surface area contributed by atoms with E-state index in [9.17, 15) is 4.79 Å². The second kappa shape index (κ2) is 5.89. The Labute approximate surface area is 117 Å². The summed E-state index contributed by atoms with van der Waals surface area (Å²) < 4.78 is 1.59. The molecule has 0 saturated heterocycles. The van der Waals surface area contributed by atoms with Crippen molar-refractivity contribution in [1.29, 1.82) is 0 Å². The van der Waals surface area contributed by atoms with Gasteiger partial charge in [0.1, 0.15) is 5.69 Å². The maximum atomic E-state index is 12.2. The van der Waals surface area contributed by atoms with E-state index in [0.717, 1.165) is 18.5 Å². The smallest absolute Gasteiger partial charge is 0.273 e. The quantitative estimate of drug-likeness (QED) is 0.932. The van der Waals surface area contributed by atoms with Gasteiger partial charge in [-0.15, -0.1) is 0 Å². The molecule has 0 radical (unpaired) electrons. The number of rotatable bonds is 4. The predicted octanol–water partition coefficient (Wildman–Crippen LogP) is 3.28. The molecule has 0 spiro atoms. The predicted molar refractivity (Wildman–Crippen MR) is 76.6 cm³/mol. The summed E-state index contributed by atoms with van der Waals surface area (Å²) in [5, 5.41) is 7.62. The van der Waals surface area contributed by atoms with Crippen LogP contribution in [0.3, 0.4) is 0 Å². The number of amides is 1. The number of carbonyl (C=O) groups is 1. The number of nitrogens with zero attached hydrogens (tertiary/aromatic N) is 2. The van der Waals surface area contributed by atoms with Crippen molar-refractivity contribution < 1.29 is 4.79 Å². The molecule has 100 valence electrons. The molecule has 1 heterocycles. The van der Waals surface area contributed by atoms with Gasteiger partial charge in [0.2, 0.25) is 0 Å². The van der Waals surface area contributed by atoms with Gasteiger partial charge in [0.05, 0.1) is 16.4 Å². The van der Waals surface area contributed by atoms with E-state index in [0.29, 0.717) is 16.4 Å². The zero-order chi connectivity index (χ0) is 13.8. The Bertz CT molecular complexity index is 592. The van der Waals surface area contributed by atoms with Crippen LogP contribution in [0.1, 0.15) is 29.5 Å². The third-order valence-corrected chi connectivity index (χ3v) is 3.12. The van der Waals surface area contributed by atoms with Crippen molar-refractivity contribution >= 4 is 23.2 Å². The summed E-state index contributed by atoms with van der Waals surface area (Å²) in [6.07, 6.45) is 1.87. The molecule has 4 nitrogen and oxygen atoms in total. The van der Waals surface area contributed by atoms with Gasteiger partial charge in [-0.1, -0.05) is 37.1 Å². The molecule has 1 amide bonds. The van der Waals surface area contributed by atoms with E-state index in [1.165, 1.54) is 0 Å². The van der Waals surface area contributed by atoms with Crippen molar-refractivity contribution in [2.75, 3.05) is 5.32 Å². The lowest BCUT2D eigenvalue weighted by molar-refractivity contribution is 0.101. The van der Waals surface area contributed by atoms with E-state index >= 15 is 0 Å². The van der Waals surface area contributed by atoms with Gasteiger partial charge in [0.15, 0.2) is 0 Å². The van der Waals surface area contributed by atoms with Crippen LogP contribution in [-0.2, 0) is 13.5 Å². The van der Waals surface area contributed by atoms with Crippen molar-refractivity contribution in [1.82, 2.24) is 9.78 Å². The zero-order valence-corrected chi connectivity index (χ0v) is 11.7. The highest BCUT2D eigenvalue weighted by molar-refractivity contribution is 6.33. The molecular weight excluding hydrogens is 262 g/mol. The van der Waals surface area contributed by atoms with E-state index in [2.05, 4.69) is 17.3 Å². The van der Waals surface area contributed by atoms with Gasteiger partial charge >= 0.3 is 0 Å². The van der Waals surface area contributed by atoms with Gasteiger partial charge in [0.25, 0.3) is 5.91 Å². The second-order valence-electron chi connectivity index (χ2n) is 4.33.